The normalized spacial score (nSPS) is 15.9. The number of alkyl halides is 8. The number of allylic oxidation sites excluding steroid dienone is 2. The maximum atomic E-state index is 5.65. The summed E-state index contributed by atoms with van der Waals surface area (Å²) in [5.74, 6) is 0. The van der Waals surface area contributed by atoms with Gasteiger partial charge in [-0.25, -0.2) is 0 Å². The molecule has 9 heteroatoms. The predicted octanol–water partition coefficient (Wildman–Crippen LogP) is 6.02. The molecule has 0 amide bonds. The van der Waals surface area contributed by atoms with E-state index in [9.17, 15) is 0 Å². The van der Waals surface area contributed by atoms with Crippen LogP contribution in [0.15, 0.2) is 11.1 Å². The van der Waals surface area contributed by atoms with E-state index in [-0.39, 0.29) is 5.03 Å². The lowest BCUT2D eigenvalue weighted by molar-refractivity contribution is 0.982. The van der Waals surface area contributed by atoms with Gasteiger partial charge in [-0.2, -0.15) is 0 Å². The molecule has 0 aliphatic carbocycles. The topological polar surface area (TPSA) is 0 Å². The lowest BCUT2D eigenvalue weighted by Crippen LogP contribution is -2.29. The smallest absolute Gasteiger partial charge is 0.0921 e. The molecule has 0 spiro atoms. The molecule has 0 aromatic carbocycles. The van der Waals surface area contributed by atoms with Crippen LogP contribution in [0.5, 0.6) is 0 Å². The van der Waals surface area contributed by atoms with E-state index in [4.69, 9.17) is 104 Å². The van der Waals surface area contributed by atoms with Gasteiger partial charge >= 0.3 is 0 Å². The van der Waals surface area contributed by atoms with Gasteiger partial charge in [0.2, 0.25) is 7.59 Å². The molecule has 0 aliphatic heterocycles. The highest BCUT2D eigenvalue weighted by molar-refractivity contribution is 6.77. The first-order valence-corrected chi connectivity index (χ1v) is 6.18. The van der Waals surface area contributed by atoms with Crippen molar-refractivity contribution in [2.45, 2.75) is 11.9 Å². The molecule has 0 saturated heterocycles. The van der Waals surface area contributed by atoms with Gasteiger partial charge in [-0.15, -0.1) is 0 Å². The Hall–Kier alpha value is 2.35. The molecule has 0 rings (SSSR count). The molecule has 84 valence electrons. The second kappa shape index (κ2) is 5.33. The van der Waals surface area contributed by atoms with Crippen LogP contribution in [0, 0.1) is 0 Å². The van der Waals surface area contributed by atoms with Crippen LogP contribution < -0.4 is 0 Å². The van der Waals surface area contributed by atoms with Crippen molar-refractivity contribution in [3.63, 3.8) is 0 Å². The fourth-order valence-corrected chi connectivity index (χ4v) is 1.14. The van der Waals surface area contributed by atoms with Crippen LogP contribution in [-0.4, -0.2) is 11.9 Å². The Labute approximate surface area is 126 Å². The van der Waals surface area contributed by atoms with E-state index in [2.05, 4.69) is 0 Å². The molecular weight excluding hydrogens is 379 g/mol. The molecule has 0 N–H and O–H groups in total. The third-order valence-electron chi connectivity index (χ3n) is 0.957. The Balaban J connectivity index is 5.00. The molecule has 0 heterocycles. The van der Waals surface area contributed by atoms with E-state index in [1.54, 1.807) is 0 Å². The Kier molecular flexibility index (Phi) is 6.23. The highest BCUT2D eigenvalue weighted by Crippen LogP contribution is 2.49. The van der Waals surface area contributed by atoms with Crippen molar-refractivity contribution in [1.29, 1.82) is 0 Å². The first-order valence-electron chi connectivity index (χ1n) is 2.78. The van der Waals surface area contributed by atoms with E-state index in [1.165, 1.54) is 0 Å². The molecule has 0 radical (unpaired) electrons. The van der Waals surface area contributed by atoms with Crippen LogP contribution in [0.3, 0.4) is 0 Å². The third-order valence-corrected chi connectivity index (χ3v) is 4.51. The monoisotopic (exact) mass is 376 g/mol. The van der Waals surface area contributed by atoms with Gasteiger partial charge in [-0.1, -0.05) is 104 Å². The van der Waals surface area contributed by atoms with Crippen molar-refractivity contribution in [3.05, 3.63) is 11.1 Å². The van der Waals surface area contributed by atoms with Gasteiger partial charge in [-0.05, 0) is 6.08 Å². The highest BCUT2D eigenvalue weighted by Gasteiger charge is 2.45. The maximum Gasteiger partial charge on any atom is 0.226 e. The third kappa shape index (κ3) is 5.12. The first-order chi connectivity index (χ1) is 5.88. The van der Waals surface area contributed by atoms with Gasteiger partial charge < -0.3 is 0 Å². The van der Waals surface area contributed by atoms with Crippen LogP contribution >= 0.6 is 104 Å². The molecule has 0 atom stereocenters. The Bertz CT molecular complexity index is 229. The minimum Gasteiger partial charge on any atom is -0.0921 e. The van der Waals surface area contributed by atoms with Gasteiger partial charge in [-0.3, -0.25) is 0 Å². The Morgan fingerprint density at radius 2 is 1.14 bits per heavy atom. The van der Waals surface area contributed by atoms with Gasteiger partial charge in [0, 0.05) is 0 Å². The zero-order valence-corrected chi connectivity index (χ0v) is 12.8. The standard InChI is InChI=1S/C5HCl9/c6-2(4(9,10)11)1-3(7,8)5(12,13)14/h1H. The van der Waals surface area contributed by atoms with Gasteiger partial charge in [0.15, 0.2) is 4.33 Å². The fourth-order valence-electron chi connectivity index (χ4n) is 0.323. The van der Waals surface area contributed by atoms with E-state index in [0.29, 0.717) is 0 Å². The molecule has 0 fully saturated rings. The zero-order chi connectivity index (χ0) is 11.8. The second-order valence-electron chi connectivity index (χ2n) is 2.11. The van der Waals surface area contributed by atoms with Crippen molar-refractivity contribution >= 4 is 104 Å². The minimum atomic E-state index is -1.99. The number of hydrogen-bond acceptors (Lipinski definition) is 0. The SMILES string of the molecule is ClC(=CC(Cl)(Cl)C(Cl)(Cl)Cl)C(Cl)(Cl)Cl. The molecule has 0 aromatic rings. The summed E-state index contributed by atoms with van der Waals surface area (Å²) in [4.78, 5) is 0. The van der Waals surface area contributed by atoms with E-state index in [1.807, 2.05) is 0 Å². The summed E-state index contributed by atoms with van der Waals surface area (Å²) >= 11 is 49.5. The summed E-state index contributed by atoms with van der Waals surface area (Å²) < 4.78 is -5.75. The van der Waals surface area contributed by atoms with Crippen molar-refractivity contribution in [3.8, 4) is 0 Å². The Morgan fingerprint density at radius 1 is 0.786 bits per heavy atom. The molecule has 14 heavy (non-hydrogen) atoms. The van der Waals surface area contributed by atoms with Crippen LogP contribution in [0.25, 0.3) is 0 Å². The highest BCUT2D eigenvalue weighted by atomic mass is 35.6. The molecule has 0 aromatic heterocycles. The number of halogens is 9. The summed E-state index contributed by atoms with van der Waals surface area (Å²) in [6.07, 6.45) is 0.942. The lowest BCUT2D eigenvalue weighted by atomic mass is 10.4. The number of rotatable bonds is 1. The van der Waals surface area contributed by atoms with Gasteiger partial charge in [0.1, 0.15) is 0 Å². The summed E-state index contributed by atoms with van der Waals surface area (Å²) in [5.41, 5.74) is 0. The van der Waals surface area contributed by atoms with Gasteiger partial charge in [0.25, 0.3) is 0 Å². The minimum absolute atomic E-state index is 0.265. The van der Waals surface area contributed by atoms with Crippen LogP contribution in [-0.2, 0) is 0 Å². The molecule has 0 unspecified atom stereocenters. The van der Waals surface area contributed by atoms with Crippen LogP contribution in [0.1, 0.15) is 0 Å². The Morgan fingerprint density at radius 3 is 1.36 bits per heavy atom. The molecule has 0 saturated carbocycles. The molecule has 0 aliphatic rings. The fraction of sp³-hybridized carbons (Fsp3) is 0.600. The predicted molar refractivity (Wildman–Crippen MR) is 69.0 cm³/mol. The maximum absolute atomic E-state index is 5.65. The van der Waals surface area contributed by atoms with Crippen molar-refractivity contribution in [1.82, 2.24) is 0 Å². The zero-order valence-electron chi connectivity index (χ0n) is 5.98. The lowest BCUT2D eigenvalue weighted by Gasteiger charge is -2.25. The quantitative estimate of drug-likeness (QED) is 0.488. The molecule has 0 bridgehead atoms. The average molecular weight is 380 g/mol. The van der Waals surface area contributed by atoms with E-state index in [0.717, 1.165) is 6.08 Å². The average Bonchev–Trinajstić information content (AvgIpc) is 1.80. The van der Waals surface area contributed by atoms with Crippen molar-refractivity contribution < 1.29 is 0 Å². The van der Waals surface area contributed by atoms with E-state index < -0.39 is 11.9 Å². The van der Waals surface area contributed by atoms with Crippen LogP contribution in [0.2, 0.25) is 0 Å². The number of hydrogen-bond donors (Lipinski definition) is 0. The summed E-state index contributed by atoms with van der Waals surface area (Å²) in [6.45, 7) is 0. The van der Waals surface area contributed by atoms with Gasteiger partial charge in [0.05, 0.1) is 5.03 Å². The summed E-state index contributed by atoms with van der Waals surface area (Å²) in [6, 6.07) is 0. The van der Waals surface area contributed by atoms with Crippen molar-refractivity contribution in [2.24, 2.45) is 0 Å². The van der Waals surface area contributed by atoms with Crippen LogP contribution in [0.4, 0.5) is 0 Å². The summed E-state index contributed by atoms with van der Waals surface area (Å²) in [5, 5.41) is -0.265. The largest absolute Gasteiger partial charge is 0.226 e. The van der Waals surface area contributed by atoms with Crippen molar-refractivity contribution in [2.75, 3.05) is 0 Å². The second-order valence-corrected chi connectivity index (χ2v) is 8.47. The summed E-state index contributed by atoms with van der Waals surface area (Å²) in [7, 11) is 0. The molecule has 0 nitrogen and oxygen atoms in total. The molecular formula is C5HCl9. The first kappa shape index (κ1) is 16.4. The van der Waals surface area contributed by atoms with E-state index >= 15 is 0 Å².